The second kappa shape index (κ2) is 8.41. The fraction of sp³-hybridized carbons (Fsp3) is 0.722. The number of hydrogen-bond acceptors (Lipinski definition) is 2. The molecule has 0 bridgehead atoms. The van der Waals surface area contributed by atoms with Gasteiger partial charge in [0.2, 0.25) is 0 Å². The normalized spacial score (nSPS) is 19.1. The second-order valence-corrected chi connectivity index (χ2v) is 6.27. The number of nitrogens with zero attached hydrogens (tertiary/aromatic N) is 2. The van der Waals surface area contributed by atoms with Gasteiger partial charge in [0.1, 0.15) is 0 Å². The van der Waals surface area contributed by atoms with Gasteiger partial charge in [0, 0.05) is 18.9 Å². The number of hydrogen-bond donors (Lipinski definition) is 0. The molecule has 20 heavy (non-hydrogen) atoms. The lowest BCUT2D eigenvalue weighted by Crippen LogP contribution is -2.36. The molecule has 1 aliphatic rings. The van der Waals surface area contributed by atoms with E-state index in [2.05, 4.69) is 35.9 Å². The topological polar surface area (TPSA) is 16.1 Å². The van der Waals surface area contributed by atoms with Gasteiger partial charge in [-0.3, -0.25) is 4.98 Å². The zero-order valence-corrected chi connectivity index (χ0v) is 13.2. The number of unbranched alkanes of at least 4 members (excludes halogenated alkanes) is 1. The smallest absolute Gasteiger partial charge is 0.0270 e. The Morgan fingerprint density at radius 3 is 2.50 bits per heavy atom. The monoisotopic (exact) mass is 274 g/mol. The van der Waals surface area contributed by atoms with Crippen molar-refractivity contribution in [3.63, 3.8) is 0 Å². The molecule has 0 saturated carbocycles. The highest BCUT2D eigenvalue weighted by Crippen LogP contribution is 2.28. The van der Waals surface area contributed by atoms with Crippen molar-refractivity contribution in [2.75, 3.05) is 19.6 Å². The van der Waals surface area contributed by atoms with Crippen LogP contribution in [0.2, 0.25) is 0 Å². The summed E-state index contributed by atoms with van der Waals surface area (Å²) < 4.78 is 0. The van der Waals surface area contributed by atoms with E-state index in [1.165, 1.54) is 63.7 Å². The molecule has 1 fully saturated rings. The lowest BCUT2D eigenvalue weighted by Gasteiger charge is -2.34. The third-order valence-electron chi connectivity index (χ3n) is 4.82. The first-order valence-electron chi connectivity index (χ1n) is 8.45. The Kier molecular flexibility index (Phi) is 6.52. The van der Waals surface area contributed by atoms with Crippen LogP contribution in [-0.4, -0.2) is 29.5 Å². The average molecular weight is 274 g/mol. The molecule has 0 N–H and O–H groups in total. The van der Waals surface area contributed by atoms with Crippen molar-refractivity contribution >= 4 is 0 Å². The third kappa shape index (κ3) is 4.59. The first kappa shape index (κ1) is 15.5. The first-order chi connectivity index (χ1) is 9.83. The SMILES string of the molecule is CCCCC(CC)CN1CCC(c2ccncc2)CC1. The molecule has 0 spiro atoms. The van der Waals surface area contributed by atoms with Crippen LogP contribution < -0.4 is 0 Å². The van der Waals surface area contributed by atoms with Crippen molar-refractivity contribution in [3.8, 4) is 0 Å². The summed E-state index contributed by atoms with van der Waals surface area (Å²) in [6.07, 6.45) is 12.0. The Hall–Kier alpha value is -0.890. The second-order valence-electron chi connectivity index (χ2n) is 6.27. The lowest BCUT2D eigenvalue weighted by molar-refractivity contribution is 0.175. The molecule has 112 valence electrons. The van der Waals surface area contributed by atoms with Crippen LogP contribution in [-0.2, 0) is 0 Å². The highest BCUT2D eigenvalue weighted by Gasteiger charge is 2.22. The van der Waals surface area contributed by atoms with Crippen molar-refractivity contribution in [3.05, 3.63) is 30.1 Å². The highest BCUT2D eigenvalue weighted by molar-refractivity contribution is 5.16. The van der Waals surface area contributed by atoms with Crippen LogP contribution in [0, 0.1) is 5.92 Å². The van der Waals surface area contributed by atoms with Crippen molar-refractivity contribution in [1.82, 2.24) is 9.88 Å². The predicted octanol–water partition coefficient (Wildman–Crippen LogP) is 4.48. The van der Waals surface area contributed by atoms with E-state index < -0.39 is 0 Å². The van der Waals surface area contributed by atoms with Crippen LogP contribution >= 0.6 is 0 Å². The Balaban J connectivity index is 1.76. The summed E-state index contributed by atoms with van der Waals surface area (Å²) in [7, 11) is 0. The Bertz CT molecular complexity index is 355. The molecular weight excluding hydrogens is 244 g/mol. The van der Waals surface area contributed by atoms with Gasteiger partial charge < -0.3 is 4.90 Å². The van der Waals surface area contributed by atoms with Crippen LogP contribution in [0.1, 0.15) is 63.9 Å². The van der Waals surface area contributed by atoms with Crippen molar-refractivity contribution in [1.29, 1.82) is 0 Å². The molecule has 2 nitrogen and oxygen atoms in total. The number of pyridine rings is 1. The fourth-order valence-electron chi connectivity index (χ4n) is 3.37. The molecule has 1 aromatic rings. The maximum absolute atomic E-state index is 4.12. The maximum atomic E-state index is 4.12. The lowest BCUT2D eigenvalue weighted by atomic mass is 9.89. The fourth-order valence-corrected chi connectivity index (χ4v) is 3.37. The summed E-state index contributed by atoms with van der Waals surface area (Å²) in [6.45, 7) is 8.52. The molecule has 0 aliphatic carbocycles. The number of likely N-dealkylation sites (tertiary alicyclic amines) is 1. The zero-order valence-electron chi connectivity index (χ0n) is 13.2. The van der Waals surface area contributed by atoms with E-state index in [4.69, 9.17) is 0 Å². The van der Waals surface area contributed by atoms with Gasteiger partial charge >= 0.3 is 0 Å². The molecular formula is C18H30N2. The largest absolute Gasteiger partial charge is 0.303 e. The van der Waals surface area contributed by atoms with Gasteiger partial charge in [-0.05, 0) is 61.9 Å². The van der Waals surface area contributed by atoms with Gasteiger partial charge in [0.25, 0.3) is 0 Å². The molecule has 1 unspecified atom stereocenters. The molecule has 2 heterocycles. The molecule has 1 aromatic heterocycles. The Morgan fingerprint density at radius 1 is 1.20 bits per heavy atom. The van der Waals surface area contributed by atoms with Crippen LogP contribution in [0.3, 0.4) is 0 Å². The van der Waals surface area contributed by atoms with Gasteiger partial charge in [-0.1, -0.05) is 33.1 Å². The van der Waals surface area contributed by atoms with Gasteiger partial charge in [-0.2, -0.15) is 0 Å². The summed E-state index contributed by atoms with van der Waals surface area (Å²) in [5.41, 5.74) is 1.48. The van der Waals surface area contributed by atoms with E-state index in [-0.39, 0.29) is 0 Å². The average Bonchev–Trinajstić information content (AvgIpc) is 2.53. The van der Waals surface area contributed by atoms with Crippen molar-refractivity contribution in [2.45, 2.75) is 58.3 Å². The Morgan fingerprint density at radius 2 is 1.90 bits per heavy atom. The minimum Gasteiger partial charge on any atom is -0.303 e. The van der Waals surface area contributed by atoms with Crippen LogP contribution in [0.5, 0.6) is 0 Å². The summed E-state index contributed by atoms with van der Waals surface area (Å²) >= 11 is 0. The molecule has 1 saturated heterocycles. The molecule has 0 amide bonds. The highest BCUT2D eigenvalue weighted by atomic mass is 15.1. The number of aromatic nitrogens is 1. The summed E-state index contributed by atoms with van der Waals surface area (Å²) in [4.78, 5) is 6.82. The standard InChI is InChI=1S/C18H30N2/c1-3-5-6-16(4-2)15-20-13-9-18(10-14-20)17-7-11-19-12-8-17/h7-8,11-12,16,18H,3-6,9-10,13-15H2,1-2H3. The van der Waals surface area contributed by atoms with Gasteiger partial charge in [-0.15, -0.1) is 0 Å². The van der Waals surface area contributed by atoms with Gasteiger partial charge in [0.15, 0.2) is 0 Å². The van der Waals surface area contributed by atoms with E-state index in [0.29, 0.717) is 0 Å². The van der Waals surface area contributed by atoms with Crippen LogP contribution in [0.25, 0.3) is 0 Å². The predicted molar refractivity (Wildman–Crippen MR) is 86.0 cm³/mol. The van der Waals surface area contributed by atoms with E-state index in [0.717, 1.165) is 11.8 Å². The third-order valence-corrected chi connectivity index (χ3v) is 4.82. The summed E-state index contributed by atoms with van der Waals surface area (Å²) in [5, 5.41) is 0. The molecule has 0 aromatic carbocycles. The van der Waals surface area contributed by atoms with Crippen molar-refractivity contribution in [2.24, 2.45) is 5.92 Å². The molecule has 0 radical (unpaired) electrons. The van der Waals surface area contributed by atoms with E-state index in [1.54, 1.807) is 0 Å². The minimum atomic E-state index is 0.755. The summed E-state index contributed by atoms with van der Waals surface area (Å²) in [6, 6.07) is 4.38. The van der Waals surface area contributed by atoms with Crippen LogP contribution in [0.4, 0.5) is 0 Å². The van der Waals surface area contributed by atoms with E-state index >= 15 is 0 Å². The van der Waals surface area contributed by atoms with E-state index in [1.807, 2.05) is 12.4 Å². The zero-order chi connectivity index (χ0) is 14.2. The molecule has 2 heteroatoms. The first-order valence-corrected chi connectivity index (χ1v) is 8.45. The number of piperidine rings is 1. The Labute approximate surface area is 124 Å². The molecule has 1 aliphatic heterocycles. The van der Waals surface area contributed by atoms with Crippen molar-refractivity contribution < 1.29 is 0 Å². The maximum Gasteiger partial charge on any atom is 0.0270 e. The number of rotatable bonds is 7. The quantitative estimate of drug-likeness (QED) is 0.729. The minimum absolute atomic E-state index is 0.755. The van der Waals surface area contributed by atoms with Gasteiger partial charge in [-0.25, -0.2) is 0 Å². The summed E-state index contributed by atoms with van der Waals surface area (Å²) in [5.74, 6) is 1.66. The van der Waals surface area contributed by atoms with E-state index in [9.17, 15) is 0 Å². The van der Waals surface area contributed by atoms with Crippen LogP contribution in [0.15, 0.2) is 24.5 Å². The van der Waals surface area contributed by atoms with Gasteiger partial charge in [0.05, 0.1) is 0 Å². The molecule has 2 rings (SSSR count). The molecule has 1 atom stereocenters.